The van der Waals surface area contributed by atoms with Crippen molar-refractivity contribution >= 4 is 11.8 Å². The Morgan fingerprint density at radius 3 is 2.62 bits per heavy atom. The van der Waals surface area contributed by atoms with Crippen LogP contribution in [0.3, 0.4) is 0 Å². The zero-order chi connectivity index (χ0) is 10.3. The predicted molar refractivity (Wildman–Crippen MR) is 46.5 cm³/mol. The molecule has 0 aliphatic rings. The van der Waals surface area contributed by atoms with E-state index in [0.29, 0.717) is 0 Å². The van der Waals surface area contributed by atoms with Crippen molar-refractivity contribution in [3.05, 3.63) is 0 Å². The normalized spacial score (nSPS) is 11.2. The summed E-state index contributed by atoms with van der Waals surface area (Å²) >= 11 is 0. The summed E-state index contributed by atoms with van der Waals surface area (Å²) in [6.07, 6.45) is 0.236. The second kappa shape index (κ2) is 6.00. The Hall–Kier alpha value is -1.57. The minimum Gasteiger partial charge on any atom is -0.359 e. The number of hydrogen-bond donors (Lipinski definition) is 2. The molecule has 1 unspecified atom stereocenters. The summed E-state index contributed by atoms with van der Waals surface area (Å²) in [5.74, 6) is -1.14. The zero-order valence-electron chi connectivity index (χ0n) is 7.76. The first-order valence-electron chi connectivity index (χ1n) is 3.99. The molecule has 0 saturated heterocycles. The fourth-order valence-corrected chi connectivity index (χ4v) is 0.636. The predicted octanol–water partition coefficient (Wildman–Crippen LogP) is -0.602. The van der Waals surface area contributed by atoms with Gasteiger partial charge in [0, 0.05) is 20.0 Å². The average Bonchev–Trinajstić information content (AvgIpc) is 2.15. The van der Waals surface area contributed by atoms with Crippen molar-refractivity contribution in [1.29, 1.82) is 5.26 Å². The van der Waals surface area contributed by atoms with E-state index < -0.39 is 5.92 Å². The van der Waals surface area contributed by atoms with Crippen LogP contribution in [0, 0.1) is 17.2 Å². The van der Waals surface area contributed by atoms with Gasteiger partial charge in [-0.25, -0.2) is 0 Å². The number of hydrogen-bond acceptors (Lipinski definition) is 3. The lowest BCUT2D eigenvalue weighted by atomic mass is 10.2. The van der Waals surface area contributed by atoms with Gasteiger partial charge in [0.2, 0.25) is 11.8 Å². The molecule has 2 amide bonds. The topological polar surface area (TPSA) is 82.0 Å². The van der Waals surface area contributed by atoms with Gasteiger partial charge in [0.1, 0.15) is 5.92 Å². The van der Waals surface area contributed by atoms with Crippen molar-refractivity contribution in [2.24, 2.45) is 5.92 Å². The number of nitriles is 1. The van der Waals surface area contributed by atoms with Crippen molar-refractivity contribution in [2.45, 2.75) is 13.3 Å². The minimum atomic E-state index is -0.662. The van der Waals surface area contributed by atoms with Gasteiger partial charge in [-0.05, 0) is 6.92 Å². The molecule has 13 heavy (non-hydrogen) atoms. The molecule has 0 aromatic heterocycles. The van der Waals surface area contributed by atoms with E-state index in [1.54, 1.807) is 6.07 Å². The molecule has 0 fully saturated rings. The van der Waals surface area contributed by atoms with Crippen molar-refractivity contribution in [1.82, 2.24) is 10.6 Å². The van der Waals surface area contributed by atoms with Crippen molar-refractivity contribution in [3.8, 4) is 6.07 Å². The minimum absolute atomic E-state index is 0.134. The van der Waals surface area contributed by atoms with Crippen LogP contribution in [-0.4, -0.2) is 25.4 Å². The Bertz CT molecular complexity index is 232. The maximum atomic E-state index is 11.0. The van der Waals surface area contributed by atoms with Crippen LogP contribution in [0.15, 0.2) is 0 Å². The molecule has 0 aromatic carbocycles. The molecule has 5 nitrogen and oxygen atoms in total. The maximum Gasteiger partial charge on any atom is 0.237 e. The smallest absolute Gasteiger partial charge is 0.237 e. The molecule has 0 radical (unpaired) electrons. The molecule has 72 valence electrons. The van der Waals surface area contributed by atoms with E-state index in [4.69, 9.17) is 5.26 Å². The Kier molecular flexibility index (Phi) is 5.28. The van der Waals surface area contributed by atoms with Crippen LogP contribution in [0.4, 0.5) is 0 Å². The van der Waals surface area contributed by atoms with Gasteiger partial charge in [-0.3, -0.25) is 9.59 Å². The van der Waals surface area contributed by atoms with Crippen LogP contribution in [0.1, 0.15) is 13.3 Å². The Labute approximate surface area is 77.1 Å². The summed E-state index contributed by atoms with van der Waals surface area (Å²) in [7, 11) is 1.53. The van der Waals surface area contributed by atoms with E-state index in [1.807, 2.05) is 0 Å². The van der Waals surface area contributed by atoms with Crippen molar-refractivity contribution < 1.29 is 9.59 Å². The number of rotatable bonds is 4. The lowest BCUT2D eigenvalue weighted by Gasteiger charge is -2.04. The van der Waals surface area contributed by atoms with Crippen LogP contribution < -0.4 is 10.6 Å². The third kappa shape index (κ3) is 4.80. The molecule has 0 aromatic rings. The Balaban J connectivity index is 3.61. The first-order chi connectivity index (χ1) is 6.11. The lowest BCUT2D eigenvalue weighted by Crippen LogP contribution is -2.32. The highest BCUT2D eigenvalue weighted by Crippen LogP contribution is 1.90. The van der Waals surface area contributed by atoms with Gasteiger partial charge >= 0.3 is 0 Å². The van der Waals surface area contributed by atoms with Gasteiger partial charge in [0.25, 0.3) is 0 Å². The van der Waals surface area contributed by atoms with Crippen molar-refractivity contribution in [3.63, 3.8) is 0 Å². The van der Waals surface area contributed by atoms with Gasteiger partial charge in [-0.1, -0.05) is 0 Å². The van der Waals surface area contributed by atoms with E-state index in [-0.39, 0.29) is 24.8 Å². The third-order valence-corrected chi connectivity index (χ3v) is 1.52. The molecule has 1 atom stereocenters. The first kappa shape index (κ1) is 11.4. The SMILES string of the molecule is CNC(=O)CCNC(=O)C(C)C#N. The number of nitrogens with one attached hydrogen (secondary N) is 2. The van der Waals surface area contributed by atoms with Gasteiger partial charge in [0.05, 0.1) is 6.07 Å². The summed E-state index contributed by atoms with van der Waals surface area (Å²) in [4.78, 5) is 21.7. The molecule has 0 aliphatic carbocycles. The van der Waals surface area contributed by atoms with Crippen molar-refractivity contribution in [2.75, 3.05) is 13.6 Å². The molecule has 0 bridgehead atoms. The third-order valence-electron chi connectivity index (χ3n) is 1.52. The van der Waals surface area contributed by atoms with Gasteiger partial charge in [-0.15, -0.1) is 0 Å². The summed E-state index contributed by atoms with van der Waals surface area (Å²) < 4.78 is 0. The quantitative estimate of drug-likeness (QED) is 0.610. The molecule has 0 aliphatic heterocycles. The Morgan fingerprint density at radius 1 is 1.54 bits per heavy atom. The lowest BCUT2D eigenvalue weighted by molar-refractivity contribution is -0.123. The molecule has 0 saturated carbocycles. The van der Waals surface area contributed by atoms with E-state index in [2.05, 4.69) is 10.6 Å². The van der Waals surface area contributed by atoms with Crippen LogP contribution in [0.25, 0.3) is 0 Å². The van der Waals surface area contributed by atoms with Crippen LogP contribution >= 0.6 is 0 Å². The van der Waals surface area contributed by atoms with E-state index in [9.17, 15) is 9.59 Å². The summed E-state index contributed by atoms with van der Waals surface area (Å²) in [6.45, 7) is 1.78. The number of carbonyl (C=O) groups is 2. The highest BCUT2D eigenvalue weighted by molar-refractivity contribution is 5.81. The Morgan fingerprint density at radius 2 is 2.15 bits per heavy atom. The number of nitrogens with zero attached hydrogens (tertiary/aromatic N) is 1. The molecule has 0 heterocycles. The van der Waals surface area contributed by atoms with E-state index in [1.165, 1.54) is 14.0 Å². The zero-order valence-corrected chi connectivity index (χ0v) is 7.76. The summed E-state index contributed by atoms with van der Waals surface area (Å²) in [5.41, 5.74) is 0. The number of amides is 2. The second-order valence-corrected chi connectivity index (χ2v) is 2.56. The van der Waals surface area contributed by atoms with Gasteiger partial charge in [0.15, 0.2) is 0 Å². The number of carbonyl (C=O) groups excluding carboxylic acids is 2. The second-order valence-electron chi connectivity index (χ2n) is 2.56. The maximum absolute atomic E-state index is 11.0. The fourth-order valence-electron chi connectivity index (χ4n) is 0.636. The summed E-state index contributed by atoms with van der Waals surface area (Å²) in [6, 6.07) is 1.80. The standard InChI is InChI=1S/C8H13N3O2/c1-6(5-9)8(13)11-4-3-7(12)10-2/h6H,3-4H2,1-2H3,(H,10,12)(H,11,13). The highest BCUT2D eigenvalue weighted by atomic mass is 16.2. The molecular weight excluding hydrogens is 170 g/mol. The van der Waals surface area contributed by atoms with E-state index in [0.717, 1.165) is 0 Å². The van der Waals surface area contributed by atoms with Crippen LogP contribution in [-0.2, 0) is 9.59 Å². The van der Waals surface area contributed by atoms with Crippen LogP contribution in [0.5, 0.6) is 0 Å². The fraction of sp³-hybridized carbons (Fsp3) is 0.625. The average molecular weight is 183 g/mol. The largest absolute Gasteiger partial charge is 0.359 e. The van der Waals surface area contributed by atoms with Crippen LogP contribution in [0.2, 0.25) is 0 Å². The van der Waals surface area contributed by atoms with Gasteiger partial charge in [-0.2, -0.15) is 5.26 Å². The molecule has 0 rings (SSSR count). The molecular formula is C8H13N3O2. The van der Waals surface area contributed by atoms with E-state index >= 15 is 0 Å². The molecule has 2 N–H and O–H groups in total. The summed E-state index contributed by atoms with van der Waals surface area (Å²) in [5, 5.41) is 13.3. The first-order valence-corrected chi connectivity index (χ1v) is 3.99. The van der Waals surface area contributed by atoms with Gasteiger partial charge < -0.3 is 10.6 Å². The molecule has 5 heteroatoms. The highest BCUT2D eigenvalue weighted by Gasteiger charge is 2.10. The molecule has 0 spiro atoms. The monoisotopic (exact) mass is 183 g/mol.